The average molecular weight is 314 g/mol. The molecule has 0 aromatic carbocycles. The minimum atomic E-state index is -4.64. The number of fused-ring (bicyclic) bond motifs is 1. The first-order chi connectivity index (χ1) is 9.84. The van der Waals surface area contributed by atoms with E-state index >= 15 is 0 Å². The van der Waals surface area contributed by atoms with E-state index in [1.807, 2.05) is 0 Å². The summed E-state index contributed by atoms with van der Waals surface area (Å²) < 4.78 is 40.0. The number of aromatic nitrogens is 5. The summed E-state index contributed by atoms with van der Waals surface area (Å²) in [6.45, 7) is 0. The second kappa shape index (κ2) is 4.66. The van der Waals surface area contributed by atoms with Gasteiger partial charge in [0, 0.05) is 30.4 Å². The molecule has 0 aliphatic carbocycles. The Hall–Kier alpha value is -2.22. The normalized spacial score (nSPS) is 12.0. The highest BCUT2D eigenvalue weighted by Crippen LogP contribution is 2.33. The van der Waals surface area contributed by atoms with E-state index in [2.05, 4.69) is 20.1 Å². The lowest BCUT2D eigenvalue weighted by molar-refractivity contribution is -0.141. The maximum Gasteiger partial charge on any atom is 0.434 e. The van der Waals surface area contributed by atoms with Gasteiger partial charge in [0.1, 0.15) is 0 Å². The maximum atomic E-state index is 12.8. The molecule has 0 radical (unpaired) electrons. The van der Waals surface area contributed by atoms with E-state index in [0.717, 1.165) is 6.20 Å². The van der Waals surface area contributed by atoms with Gasteiger partial charge < -0.3 is 0 Å². The van der Waals surface area contributed by atoms with Crippen LogP contribution in [-0.2, 0) is 13.2 Å². The molecule has 0 N–H and O–H groups in total. The van der Waals surface area contributed by atoms with Crippen molar-refractivity contribution in [3.63, 3.8) is 0 Å². The molecule has 9 heteroatoms. The van der Waals surface area contributed by atoms with Crippen LogP contribution in [0.4, 0.5) is 13.2 Å². The Morgan fingerprint density at radius 3 is 2.67 bits per heavy atom. The number of rotatable bonds is 1. The quantitative estimate of drug-likeness (QED) is 0.692. The van der Waals surface area contributed by atoms with Crippen molar-refractivity contribution < 1.29 is 13.2 Å². The Balaban J connectivity index is 2.13. The summed E-state index contributed by atoms with van der Waals surface area (Å²) in [5.41, 5.74) is -0.315. The summed E-state index contributed by atoms with van der Waals surface area (Å²) in [6.07, 6.45) is -0.633. The number of nitrogens with zero attached hydrogens (tertiary/aromatic N) is 5. The molecule has 3 aromatic rings. The highest BCUT2D eigenvalue weighted by Gasteiger charge is 2.36. The fourth-order valence-corrected chi connectivity index (χ4v) is 2.06. The number of halogens is 4. The van der Waals surface area contributed by atoms with E-state index in [0.29, 0.717) is 16.6 Å². The van der Waals surface area contributed by atoms with Crippen molar-refractivity contribution in [2.24, 2.45) is 7.05 Å². The van der Waals surface area contributed by atoms with E-state index in [9.17, 15) is 13.2 Å². The summed E-state index contributed by atoms with van der Waals surface area (Å²) in [6, 6.07) is 1.62. The smallest absolute Gasteiger partial charge is 0.273 e. The standard InChI is InChI=1S/C12H7ClF3N5/c1-21-5-7-2-6(3-17-11(7)20-21)10-18-4-8(13)9(19-10)12(14,15)16/h2-5H,1H3. The van der Waals surface area contributed by atoms with Crippen LogP contribution in [0.15, 0.2) is 24.7 Å². The van der Waals surface area contributed by atoms with Gasteiger partial charge in [-0.1, -0.05) is 11.6 Å². The lowest BCUT2D eigenvalue weighted by Gasteiger charge is -2.08. The third-order valence-electron chi connectivity index (χ3n) is 2.74. The number of hydrogen-bond donors (Lipinski definition) is 0. The van der Waals surface area contributed by atoms with Crippen LogP contribution in [0, 0.1) is 0 Å². The Morgan fingerprint density at radius 2 is 1.95 bits per heavy atom. The highest BCUT2D eigenvalue weighted by atomic mass is 35.5. The first-order valence-electron chi connectivity index (χ1n) is 5.74. The zero-order valence-electron chi connectivity index (χ0n) is 10.6. The van der Waals surface area contributed by atoms with Gasteiger partial charge in [-0.05, 0) is 6.07 Å². The van der Waals surface area contributed by atoms with E-state index in [4.69, 9.17) is 11.6 Å². The minimum Gasteiger partial charge on any atom is -0.273 e. The molecular weight excluding hydrogens is 307 g/mol. The van der Waals surface area contributed by atoms with E-state index in [1.165, 1.54) is 6.20 Å². The number of hydrogen-bond acceptors (Lipinski definition) is 4. The van der Waals surface area contributed by atoms with Gasteiger partial charge in [0.05, 0.1) is 11.2 Å². The molecule has 0 atom stereocenters. The van der Waals surface area contributed by atoms with E-state index < -0.39 is 16.9 Å². The first-order valence-corrected chi connectivity index (χ1v) is 6.12. The predicted octanol–water partition coefficient (Wildman–Crippen LogP) is 3.10. The summed E-state index contributed by atoms with van der Waals surface area (Å²) >= 11 is 5.49. The fourth-order valence-electron chi connectivity index (χ4n) is 1.86. The van der Waals surface area contributed by atoms with Crippen molar-refractivity contribution in [2.45, 2.75) is 6.18 Å². The van der Waals surface area contributed by atoms with Crippen LogP contribution in [-0.4, -0.2) is 24.7 Å². The SMILES string of the molecule is Cn1cc2cc(-c3ncc(Cl)c(C(F)(F)F)n3)cnc2n1. The number of aryl methyl sites for hydroxylation is 1. The molecule has 0 bridgehead atoms. The van der Waals surface area contributed by atoms with Gasteiger partial charge in [-0.25, -0.2) is 15.0 Å². The van der Waals surface area contributed by atoms with Crippen molar-refractivity contribution in [2.75, 3.05) is 0 Å². The van der Waals surface area contributed by atoms with E-state index in [-0.39, 0.29) is 5.82 Å². The van der Waals surface area contributed by atoms with Crippen molar-refractivity contribution >= 4 is 22.6 Å². The minimum absolute atomic E-state index is 0.0926. The van der Waals surface area contributed by atoms with Crippen LogP contribution < -0.4 is 0 Å². The van der Waals surface area contributed by atoms with Gasteiger partial charge in [-0.15, -0.1) is 0 Å². The van der Waals surface area contributed by atoms with Gasteiger partial charge >= 0.3 is 6.18 Å². The monoisotopic (exact) mass is 313 g/mol. The molecule has 0 saturated carbocycles. The molecule has 0 spiro atoms. The Bertz CT molecular complexity index is 827. The second-order valence-electron chi connectivity index (χ2n) is 4.33. The van der Waals surface area contributed by atoms with Crippen molar-refractivity contribution in [3.05, 3.63) is 35.4 Å². The summed E-state index contributed by atoms with van der Waals surface area (Å²) in [5, 5.41) is 4.22. The third kappa shape index (κ3) is 2.54. The molecule has 0 aliphatic heterocycles. The molecule has 0 amide bonds. The Kier molecular flexibility index (Phi) is 3.05. The van der Waals surface area contributed by atoms with Crippen molar-refractivity contribution in [1.29, 1.82) is 0 Å². The third-order valence-corrected chi connectivity index (χ3v) is 3.02. The first kappa shape index (κ1) is 13.7. The molecule has 0 unspecified atom stereocenters. The van der Waals surface area contributed by atoms with Crippen LogP contribution in [0.1, 0.15) is 5.69 Å². The van der Waals surface area contributed by atoms with Crippen LogP contribution >= 0.6 is 11.6 Å². The summed E-state index contributed by atoms with van der Waals surface area (Å²) in [7, 11) is 1.72. The molecule has 3 heterocycles. The van der Waals surface area contributed by atoms with Gasteiger partial charge in [-0.2, -0.15) is 18.3 Å². The van der Waals surface area contributed by atoms with Crippen LogP contribution in [0.2, 0.25) is 5.02 Å². The predicted molar refractivity (Wildman–Crippen MR) is 69.5 cm³/mol. The zero-order chi connectivity index (χ0) is 15.2. The lowest BCUT2D eigenvalue weighted by Crippen LogP contribution is -2.10. The van der Waals surface area contributed by atoms with E-state index in [1.54, 1.807) is 24.0 Å². The second-order valence-corrected chi connectivity index (χ2v) is 4.73. The van der Waals surface area contributed by atoms with Crippen LogP contribution in [0.25, 0.3) is 22.4 Å². The molecule has 108 valence electrons. The summed E-state index contributed by atoms with van der Waals surface area (Å²) in [5.74, 6) is -0.0926. The van der Waals surface area contributed by atoms with Crippen LogP contribution in [0.3, 0.4) is 0 Å². The van der Waals surface area contributed by atoms with Crippen molar-refractivity contribution in [3.8, 4) is 11.4 Å². The van der Waals surface area contributed by atoms with Gasteiger partial charge in [0.15, 0.2) is 17.2 Å². The van der Waals surface area contributed by atoms with Gasteiger partial charge in [0.2, 0.25) is 0 Å². The number of pyridine rings is 1. The molecule has 3 aromatic heterocycles. The van der Waals surface area contributed by atoms with Gasteiger partial charge in [-0.3, -0.25) is 4.68 Å². The topological polar surface area (TPSA) is 56.5 Å². The average Bonchev–Trinajstić information content (AvgIpc) is 2.77. The fraction of sp³-hybridized carbons (Fsp3) is 0.167. The zero-order valence-corrected chi connectivity index (χ0v) is 11.3. The molecule has 0 aliphatic rings. The Morgan fingerprint density at radius 1 is 1.19 bits per heavy atom. The molecule has 0 saturated heterocycles. The van der Waals surface area contributed by atoms with Crippen LogP contribution in [0.5, 0.6) is 0 Å². The summed E-state index contributed by atoms with van der Waals surface area (Å²) in [4.78, 5) is 11.4. The molecule has 3 rings (SSSR count). The molecular formula is C12H7ClF3N5. The molecule has 0 fully saturated rings. The maximum absolute atomic E-state index is 12.8. The number of alkyl halides is 3. The largest absolute Gasteiger partial charge is 0.434 e. The van der Waals surface area contributed by atoms with Gasteiger partial charge in [0.25, 0.3) is 0 Å². The highest BCUT2D eigenvalue weighted by molar-refractivity contribution is 6.31. The molecule has 5 nitrogen and oxygen atoms in total. The Labute approximate surface area is 121 Å². The lowest BCUT2D eigenvalue weighted by atomic mass is 10.2. The van der Waals surface area contributed by atoms with Crippen molar-refractivity contribution in [1.82, 2.24) is 24.7 Å². The molecule has 21 heavy (non-hydrogen) atoms.